The molecule has 3 unspecified atom stereocenters. The van der Waals surface area contributed by atoms with Gasteiger partial charge in [0, 0.05) is 57.2 Å². The lowest BCUT2D eigenvalue weighted by Crippen LogP contribution is -2.49. The van der Waals surface area contributed by atoms with Gasteiger partial charge in [-0.3, -0.25) is 4.98 Å². The Morgan fingerprint density at radius 3 is 2.75 bits per heavy atom. The summed E-state index contributed by atoms with van der Waals surface area (Å²) in [5.74, 6) is 0.682. The second kappa shape index (κ2) is 10.1. The molecule has 2 aliphatic rings. The highest BCUT2D eigenvalue weighted by Gasteiger charge is 2.22. The number of nitrogens with zero attached hydrogens (tertiary/aromatic N) is 2. The average molecular weight is 332 g/mol. The van der Waals surface area contributed by atoms with E-state index in [1.165, 1.54) is 44.6 Å². The van der Waals surface area contributed by atoms with Gasteiger partial charge in [0.2, 0.25) is 0 Å². The van der Waals surface area contributed by atoms with Crippen LogP contribution >= 0.6 is 0 Å². The number of aromatic nitrogens is 1. The number of nitrogens with one attached hydrogen (secondary N) is 3. The molecule has 2 fully saturated rings. The van der Waals surface area contributed by atoms with Gasteiger partial charge in [-0.15, -0.1) is 0 Å². The van der Waals surface area contributed by atoms with E-state index < -0.39 is 0 Å². The largest absolute Gasteiger partial charge is 0.315 e. The molecule has 5 heteroatoms. The van der Waals surface area contributed by atoms with Crippen LogP contribution in [0.4, 0.5) is 0 Å². The van der Waals surface area contributed by atoms with Gasteiger partial charge in [0.25, 0.3) is 0 Å². The van der Waals surface area contributed by atoms with Gasteiger partial charge in [0.05, 0.1) is 0 Å². The molecule has 1 aromatic heterocycles. The van der Waals surface area contributed by atoms with Gasteiger partial charge in [-0.05, 0) is 56.8 Å². The predicted octanol–water partition coefficient (Wildman–Crippen LogP) is 0.877. The van der Waals surface area contributed by atoms with E-state index in [4.69, 9.17) is 0 Å². The minimum Gasteiger partial charge on any atom is -0.315 e. The van der Waals surface area contributed by atoms with Crippen LogP contribution < -0.4 is 16.0 Å². The molecule has 0 radical (unpaired) electrons. The maximum Gasteiger partial charge on any atom is 0.0406 e. The van der Waals surface area contributed by atoms with Crippen molar-refractivity contribution in [3.63, 3.8) is 0 Å². The summed E-state index contributed by atoms with van der Waals surface area (Å²) < 4.78 is 0. The topological polar surface area (TPSA) is 52.2 Å². The van der Waals surface area contributed by atoms with Crippen LogP contribution in [0.3, 0.4) is 0 Å². The molecule has 24 heavy (non-hydrogen) atoms. The lowest BCUT2D eigenvalue weighted by molar-refractivity contribution is 0.161. The zero-order valence-electron chi connectivity index (χ0n) is 14.8. The maximum atomic E-state index is 4.55. The van der Waals surface area contributed by atoms with Gasteiger partial charge in [-0.1, -0.05) is 6.07 Å². The van der Waals surface area contributed by atoms with Crippen molar-refractivity contribution < 1.29 is 0 Å². The third-order valence-electron chi connectivity index (χ3n) is 5.19. The first-order valence-electron chi connectivity index (χ1n) is 9.67. The SMILES string of the molecule is c1ccc(CC2CCNCCNCCNC3CCCN(C2)C3)nc1. The summed E-state index contributed by atoms with van der Waals surface area (Å²) in [6, 6.07) is 6.95. The van der Waals surface area contributed by atoms with Crippen LogP contribution in [0, 0.1) is 5.92 Å². The molecule has 1 aromatic rings. The van der Waals surface area contributed by atoms with Gasteiger partial charge in [-0.2, -0.15) is 0 Å². The van der Waals surface area contributed by atoms with E-state index in [0.717, 1.165) is 39.1 Å². The molecule has 2 bridgehead atoms. The van der Waals surface area contributed by atoms with Gasteiger partial charge in [0.15, 0.2) is 0 Å². The van der Waals surface area contributed by atoms with E-state index in [1.54, 1.807) is 0 Å². The lowest BCUT2D eigenvalue weighted by atomic mass is 9.96. The van der Waals surface area contributed by atoms with Crippen molar-refractivity contribution in [3.8, 4) is 0 Å². The summed E-state index contributed by atoms with van der Waals surface area (Å²) in [7, 11) is 0. The van der Waals surface area contributed by atoms with Crippen molar-refractivity contribution in [2.24, 2.45) is 5.92 Å². The molecular weight excluding hydrogens is 298 g/mol. The average Bonchev–Trinajstić information content (AvgIpc) is 2.61. The van der Waals surface area contributed by atoms with Crippen molar-refractivity contribution in [1.82, 2.24) is 25.8 Å². The van der Waals surface area contributed by atoms with E-state index in [1.807, 2.05) is 12.3 Å². The van der Waals surface area contributed by atoms with E-state index in [0.29, 0.717) is 12.0 Å². The fourth-order valence-electron chi connectivity index (χ4n) is 3.92. The second-order valence-corrected chi connectivity index (χ2v) is 7.23. The van der Waals surface area contributed by atoms with Crippen molar-refractivity contribution in [3.05, 3.63) is 30.1 Å². The van der Waals surface area contributed by atoms with Gasteiger partial charge >= 0.3 is 0 Å². The Morgan fingerprint density at radius 1 is 1.00 bits per heavy atom. The van der Waals surface area contributed by atoms with E-state index in [9.17, 15) is 0 Å². The highest BCUT2D eigenvalue weighted by molar-refractivity contribution is 5.04. The standard InChI is InChI=1S/C19H33N5/c1-2-7-22-18(4-1)14-17-6-8-20-9-10-21-11-12-23-19-5-3-13-24(15-17)16-19/h1-2,4,7,17,19-21,23H,3,5-6,8-16H2. The van der Waals surface area contributed by atoms with Crippen LogP contribution in [0.15, 0.2) is 24.4 Å². The molecule has 0 spiro atoms. The summed E-state index contributed by atoms with van der Waals surface area (Å²) in [6.45, 7) is 9.03. The zero-order chi connectivity index (χ0) is 16.5. The van der Waals surface area contributed by atoms with E-state index in [2.05, 4.69) is 38.0 Å². The van der Waals surface area contributed by atoms with Crippen molar-refractivity contribution in [1.29, 1.82) is 0 Å². The first-order valence-corrected chi connectivity index (χ1v) is 9.67. The molecule has 0 amide bonds. The number of hydrogen-bond donors (Lipinski definition) is 3. The number of pyridine rings is 1. The Kier molecular flexibility index (Phi) is 7.48. The van der Waals surface area contributed by atoms with E-state index >= 15 is 0 Å². The molecule has 2 saturated heterocycles. The second-order valence-electron chi connectivity index (χ2n) is 7.23. The Hall–Kier alpha value is -1.01. The molecule has 3 N–H and O–H groups in total. The summed E-state index contributed by atoms with van der Waals surface area (Å²) in [5, 5.41) is 10.8. The first-order chi connectivity index (χ1) is 11.9. The summed E-state index contributed by atoms with van der Waals surface area (Å²) in [6.07, 6.45) is 6.88. The van der Waals surface area contributed by atoms with Gasteiger partial charge in [0.1, 0.15) is 0 Å². The van der Waals surface area contributed by atoms with Crippen LogP contribution in [-0.4, -0.2) is 68.3 Å². The molecule has 3 atom stereocenters. The molecule has 3 rings (SSSR count). The minimum atomic E-state index is 0.664. The quantitative estimate of drug-likeness (QED) is 0.751. The fraction of sp³-hybridized carbons (Fsp3) is 0.737. The third-order valence-corrected chi connectivity index (χ3v) is 5.19. The van der Waals surface area contributed by atoms with Crippen molar-refractivity contribution in [2.45, 2.75) is 31.7 Å². The summed E-state index contributed by atoms with van der Waals surface area (Å²) in [5.41, 5.74) is 1.23. The first kappa shape index (κ1) is 17.8. The molecule has 2 aliphatic heterocycles. The predicted molar refractivity (Wildman–Crippen MR) is 99.3 cm³/mol. The molecule has 5 nitrogen and oxygen atoms in total. The van der Waals surface area contributed by atoms with Crippen molar-refractivity contribution >= 4 is 0 Å². The minimum absolute atomic E-state index is 0.664. The van der Waals surface area contributed by atoms with Crippen molar-refractivity contribution in [2.75, 3.05) is 52.4 Å². The van der Waals surface area contributed by atoms with Crippen LogP contribution in [0.25, 0.3) is 0 Å². The van der Waals surface area contributed by atoms with Crippen LogP contribution in [0.1, 0.15) is 25.0 Å². The van der Waals surface area contributed by atoms with Crippen LogP contribution in [-0.2, 0) is 6.42 Å². The Balaban J connectivity index is 1.59. The number of fused-ring (bicyclic) bond motifs is 2. The highest BCUT2D eigenvalue weighted by atomic mass is 15.2. The van der Waals surface area contributed by atoms with Gasteiger partial charge < -0.3 is 20.9 Å². The summed E-state index contributed by atoms with van der Waals surface area (Å²) in [4.78, 5) is 7.22. The Labute approximate surface area is 146 Å². The third kappa shape index (κ3) is 6.13. The number of piperidine rings is 1. The number of rotatable bonds is 2. The van der Waals surface area contributed by atoms with Crippen LogP contribution in [0.2, 0.25) is 0 Å². The zero-order valence-corrected chi connectivity index (χ0v) is 14.8. The molecule has 0 saturated carbocycles. The van der Waals surface area contributed by atoms with Gasteiger partial charge in [-0.25, -0.2) is 0 Å². The summed E-state index contributed by atoms with van der Waals surface area (Å²) >= 11 is 0. The monoisotopic (exact) mass is 331 g/mol. The lowest BCUT2D eigenvalue weighted by Gasteiger charge is -2.35. The van der Waals surface area contributed by atoms with Crippen LogP contribution in [0.5, 0.6) is 0 Å². The Morgan fingerprint density at radius 2 is 1.88 bits per heavy atom. The maximum absolute atomic E-state index is 4.55. The Bertz CT molecular complexity index is 452. The van der Waals surface area contributed by atoms with E-state index in [-0.39, 0.29) is 0 Å². The number of hydrogen-bond acceptors (Lipinski definition) is 5. The molecular formula is C19H33N5. The fourth-order valence-corrected chi connectivity index (χ4v) is 3.92. The molecule has 3 heterocycles. The molecule has 134 valence electrons. The smallest absolute Gasteiger partial charge is 0.0406 e. The normalized spacial score (nSPS) is 30.4. The molecule has 0 aromatic carbocycles. The molecule has 0 aliphatic carbocycles. The highest BCUT2D eigenvalue weighted by Crippen LogP contribution is 2.17.